The lowest BCUT2D eigenvalue weighted by Gasteiger charge is -2.09. The summed E-state index contributed by atoms with van der Waals surface area (Å²) in [6, 6.07) is 1.98. The number of aromatic nitrogens is 5. The Morgan fingerprint density at radius 3 is 2.86 bits per heavy atom. The Kier molecular flexibility index (Phi) is 3.39. The molecule has 0 fully saturated rings. The maximum atomic E-state index is 6.02. The van der Waals surface area contributed by atoms with Crippen molar-refractivity contribution in [3.05, 3.63) is 35.5 Å². The first kappa shape index (κ1) is 13.3. The van der Waals surface area contributed by atoms with Crippen LogP contribution in [0, 0.1) is 13.8 Å². The lowest BCUT2D eigenvalue weighted by Crippen LogP contribution is -2.10. The van der Waals surface area contributed by atoms with Crippen molar-refractivity contribution in [1.29, 1.82) is 0 Å². The number of rotatable bonds is 4. The van der Waals surface area contributed by atoms with Gasteiger partial charge < -0.3 is 16.0 Å². The minimum atomic E-state index is 0.450. The summed E-state index contributed by atoms with van der Waals surface area (Å²) in [6.07, 6.45) is 4.29. The van der Waals surface area contributed by atoms with Crippen molar-refractivity contribution in [3.63, 3.8) is 0 Å². The molecular weight excluding hydrogens is 266 g/mol. The van der Waals surface area contributed by atoms with E-state index < -0.39 is 0 Å². The topological polar surface area (TPSA) is 105 Å². The van der Waals surface area contributed by atoms with Crippen molar-refractivity contribution in [2.45, 2.75) is 20.3 Å². The lowest BCUT2D eigenvalue weighted by atomic mass is 10.1. The lowest BCUT2D eigenvalue weighted by molar-refractivity contribution is 0.914. The Labute approximate surface area is 122 Å². The summed E-state index contributed by atoms with van der Waals surface area (Å²) in [4.78, 5) is 20.4. The first-order chi connectivity index (χ1) is 10.1. The van der Waals surface area contributed by atoms with Gasteiger partial charge in [0, 0.05) is 31.1 Å². The summed E-state index contributed by atoms with van der Waals surface area (Å²) in [5, 5.41) is 3.97. The summed E-state index contributed by atoms with van der Waals surface area (Å²) in [6.45, 7) is 4.60. The van der Waals surface area contributed by atoms with Crippen molar-refractivity contribution in [1.82, 2.24) is 24.9 Å². The van der Waals surface area contributed by atoms with Crippen LogP contribution in [0.25, 0.3) is 11.0 Å². The highest BCUT2D eigenvalue weighted by Gasteiger charge is 2.09. The van der Waals surface area contributed by atoms with E-state index >= 15 is 0 Å². The second-order valence-electron chi connectivity index (χ2n) is 4.92. The molecule has 0 aliphatic carbocycles. The second-order valence-corrected chi connectivity index (χ2v) is 4.92. The van der Waals surface area contributed by atoms with E-state index in [0.29, 0.717) is 24.0 Å². The molecule has 7 nitrogen and oxygen atoms in total. The number of nitrogens with two attached hydrogens (primary N) is 1. The number of hydrogen-bond donors (Lipinski definition) is 3. The molecule has 0 amide bonds. The third-order valence-corrected chi connectivity index (χ3v) is 3.22. The summed E-state index contributed by atoms with van der Waals surface area (Å²) in [5.74, 6) is 1.86. The number of pyridine rings is 1. The average Bonchev–Trinajstić information content (AvgIpc) is 2.90. The largest absolute Gasteiger partial charge is 0.383 e. The van der Waals surface area contributed by atoms with Crippen LogP contribution in [-0.4, -0.2) is 31.5 Å². The van der Waals surface area contributed by atoms with Gasteiger partial charge in [-0.25, -0.2) is 9.97 Å². The van der Waals surface area contributed by atoms with Crippen LogP contribution in [0.3, 0.4) is 0 Å². The third-order valence-electron chi connectivity index (χ3n) is 3.22. The van der Waals surface area contributed by atoms with Gasteiger partial charge in [0.1, 0.15) is 11.6 Å². The number of H-pyrrole nitrogens is 1. The van der Waals surface area contributed by atoms with Crippen LogP contribution in [0.15, 0.2) is 18.5 Å². The van der Waals surface area contributed by atoms with Crippen LogP contribution in [-0.2, 0) is 6.42 Å². The van der Waals surface area contributed by atoms with Crippen molar-refractivity contribution in [2.24, 2.45) is 0 Å². The molecule has 0 bridgehead atoms. The first-order valence-corrected chi connectivity index (χ1v) is 6.77. The maximum absolute atomic E-state index is 6.02. The second kappa shape index (κ2) is 5.35. The van der Waals surface area contributed by atoms with Crippen molar-refractivity contribution >= 4 is 22.8 Å². The van der Waals surface area contributed by atoms with Crippen LogP contribution in [0.4, 0.5) is 11.8 Å². The van der Waals surface area contributed by atoms with Gasteiger partial charge in [0.05, 0.1) is 5.39 Å². The van der Waals surface area contributed by atoms with E-state index in [1.165, 1.54) is 0 Å². The Bertz CT molecular complexity index is 765. The van der Waals surface area contributed by atoms with E-state index in [2.05, 4.69) is 30.2 Å². The molecule has 0 atom stereocenters. The van der Waals surface area contributed by atoms with Crippen LogP contribution in [0.2, 0.25) is 0 Å². The van der Waals surface area contributed by atoms with Crippen LogP contribution in [0.1, 0.15) is 17.1 Å². The fourth-order valence-electron chi connectivity index (χ4n) is 2.32. The Morgan fingerprint density at radius 2 is 2.10 bits per heavy atom. The molecule has 3 aromatic rings. The highest BCUT2D eigenvalue weighted by molar-refractivity contribution is 5.89. The van der Waals surface area contributed by atoms with Crippen molar-refractivity contribution in [2.75, 3.05) is 17.6 Å². The minimum absolute atomic E-state index is 0.450. The smallest absolute Gasteiger partial charge is 0.226 e. The van der Waals surface area contributed by atoms with E-state index in [1.54, 1.807) is 12.4 Å². The number of nitrogens with one attached hydrogen (secondary N) is 2. The molecule has 0 radical (unpaired) electrons. The zero-order valence-electron chi connectivity index (χ0n) is 12.0. The summed E-state index contributed by atoms with van der Waals surface area (Å²) >= 11 is 0. The third kappa shape index (κ3) is 2.76. The molecular formula is C14H17N7. The first-order valence-electron chi connectivity index (χ1n) is 6.77. The molecule has 0 saturated carbocycles. The Hall–Kier alpha value is -2.70. The number of fused-ring (bicyclic) bond motifs is 1. The molecule has 3 rings (SSSR count). The molecule has 3 aromatic heterocycles. The fourth-order valence-corrected chi connectivity index (χ4v) is 2.32. The highest BCUT2D eigenvalue weighted by atomic mass is 15.1. The number of imidazole rings is 1. The van der Waals surface area contributed by atoms with E-state index in [-0.39, 0.29) is 0 Å². The van der Waals surface area contributed by atoms with Crippen LogP contribution < -0.4 is 11.1 Å². The number of hydrogen-bond acceptors (Lipinski definition) is 6. The minimum Gasteiger partial charge on any atom is -0.383 e. The maximum Gasteiger partial charge on any atom is 0.226 e. The SMILES string of the molecule is Cc1cc(C)c2c(N)nc(NCCc3ncc[nH]3)nc2n1. The molecule has 3 heterocycles. The molecule has 0 spiro atoms. The van der Waals surface area contributed by atoms with Crippen LogP contribution >= 0.6 is 0 Å². The van der Waals surface area contributed by atoms with Gasteiger partial charge >= 0.3 is 0 Å². The zero-order valence-corrected chi connectivity index (χ0v) is 12.0. The number of nitrogens with zero attached hydrogens (tertiary/aromatic N) is 4. The predicted molar refractivity (Wildman–Crippen MR) is 82.0 cm³/mol. The quantitative estimate of drug-likeness (QED) is 0.671. The van der Waals surface area contributed by atoms with Gasteiger partial charge in [0.15, 0.2) is 5.65 Å². The molecule has 21 heavy (non-hydrogen) atoms. The molecule has 0 aliphatic heterocycles. The molecule has 7 heteroatoms. The monoisotopic (exact) mass is 283 g/mol. The zero-order chi connectivity index (χ0) is 14.8. The van der Waals surface area contributed by atoms with E-state index in [1.807, 2.05) is 19.9 Å². The Balaban J connectivity index is 1.83. The van der Waals surface area contributed by atoms with Crippen molar-refractivity contribution in [3.8, 4) is 0 Å². The fraction of sp³-hybridized carbons (Fsp3) is 0.286. The van der Waals surface area contributed by atoms with Gasteiger partial charge in [-0.3, -0.25) is 0 Å². The highest BCUT2D eigenvalue weighted by Crippen LogP contribution is 2.22. The molecule has 0 aliphatic rings. The van der Waals surface area contributed by atoms with Gasteiger partial charge in [-0.2, -0.15) is 9.97 Å². The molecule has 0 unspecified atom stereocenters. The number of nitrogen functional groups attached to an aromatic ring is 1. The van der Waals surface area contributed by atoms with E-state index in [4.69, 9.17) is 5.73 Å². The van der Waals surface area contributed by atoms with Crippen LogP contribution in [0.5, 0.6) is 0 Å². The molecule has 4 N–H and O–H groups in total. The number of aryl methyl sites for hydroxylation is 2. The average molecular weight is 283 g/mol. The summed E-state index contributed by atoms with van der Waals surface area (Å²) < 4.78 is 0. The van der Waals surface area contributed by atoms with Gasteiger partial charge in [-0.1, -0.05) is 0 Å². The van der Waals surface area contributed by atoms with E-state index in [0.717, 1.165) is 28.9 Å². The number of aromatic amines is 1. The normalized spacial score (nSPS) is 11.0. The van der Waals surface area contributed by atoms with E-state index in [9.17, 15) is 0 Å². The predicted octanol–water partition coefficient (Wildman–Crippen LogP) is 1.60. The summed E-state index contributed by atoms with van der Waals surface area (Å²) in [7, 11) is 0. The molecule has 0 aromatic carbocycles. The molecule has 0 saturated heterocycles. The van der Waals surface area contributed by atoms with Gasteiger partial charge in [0.2, 0.25) is 5.95 Å². The number of anilines is 2. The van der Waals surface area contributed by atoms with Gasteiger partial charge in [0.25, 0.3) is 0 Å². The molecule has 108 valence electrons. The van der Waals surface area contributed by atoms with Crippen molar-refractivity contribution < 1.29 is 0 Å². The summed E-state index contributed by atoms with van der Waals surface area (Å²) in [5.41, 5.74) is 8.61. The Morgan fingerprint density at radius 1 is 1.24 bits per heavy atom. The standard InChI is InChI=1S/C14H17N7/c1-8-7-9(2)19-13-11(8)12(15)20-14(21-13)18-4-3-10-16-5-6-17-10/h5-7H,3-4H2,1-2H3,(H,16,17)(H3,15,18,19,20,21). The van der Waals surface area contributed by atoms with Gasteiger partial charge in [-0.15, -0.1) is 0 Å². The van der Waals surface area contributed by atoms with Gasteiger partial charge in [-0.05, 0) is 25.5 Å².